The normalized spacial score (nSPS) is 16.8. The Morgan fingerprint density at radius 3 is 2.73 bits per heavy atom. The SMILES string of the molecule is COc1cccc([C@@H]2CCCN2C(=O)Cn2nc(C)c(C(C)=O)c2C)c1. The van der Waals surface area contributed by atoms with Crippen LogP contribution in [0.1, 0.15) is 53.1 Å². The number of Topliss-reactive ketones (excluding diaryl/α,β-unsaturated/α-hetero) is 1. The lowest BCUT2D eigenvalue weighted by Gasteiger charge is -2.25. The molecule has 1 atom stereocenters. The number of benzene rings is 1. The Morgan fingerprint density at radius 2 is 2.08 bits per heavy atom. The number of carbonyl (C=O) groups excluding carboxylic acids is 2. The molecule has 26 heavy (non-hydrogen) atoms. The van der Waals surface area contributed by atoms with Crippen LogP contribution in [-0.2, 0) is 11.3 Å². The van der Waals surface area contributed by atoms with E-state index < -0.39 is 0 Å². The minimum absolute atomic E-state index is 0.0193. The van der Waals surface area contributed by atoms with Crippen molar-refractivity contribution in [2.24, 2.45) is 0 Å². The summed E-state index contributed by atoms with van der Waals surface area (Å²) in [6.45, 7) is 6.07. The Morgan fingerprint density at radius 1 is 1.31 bits per heavy atom. The molecule has 1 saturated heterocycles. The van der Waals surface area contributed by atoms with Gasteiger partial charge in [0.1, 0.15) is 12.3 Å². The summed E-state index contributed by atoms with van der Waals surface area (Å²) in [6.07, 6.45) is 1.91. The monoisotopic (exact) mass is 355 g/mol. The van der Waals surface area contributed by atoms with Crippen molar-refractivity contribution in [3.05, 3.63) is 46.8 Å². The number of amides is 1. The minimum atomic E-state index is -0.0193. The molecule has 0 unspecified atom stereocenters. The molecular weight excluding hydrogens is 330 g/mol. The number of ketones is 1. The highest BCUT2D eigenvalue weighted by molar-refractivity contribution is 5.96. The third kappa shape index (κ3) is 3.36. The summed E-state index contributed by atoms with van der Waals surface area (Å²) in [6, 6.07) is 7.95. The van der Waals surface area contributed by atoms with E-state index in [0.29, 0.717) is 11.3 Å². The number of rotatable bonds is 5. The van der Waals surface area contributed by atoms with Gasteiger partial charge in [-0.1, -0.05) is 12.1 Å². The van der Waals surface area contributed by atoms with Gasteiger partial charge in [-0.3, -0.25) is 14.3 Å². The average Bonchev–Trinajstić information content (AvgIpc) is 3.20. The number of methoxy groups -OCH3 is 1. The van der Waals surface area contributed by atoms with E-state index in [-0.39, 0.29) is 24.3 Å². The van der Waals surface area contributed by atoms with Crippen molar-refractivity contribution in [3.8, 4) is 5.75 Å². The summed E-state index contributed by atoms with van der Waals surface area (Å²) in [5, 5.41) is 4.40. The number of likely N-dealkylation sites (tertiary alicyclic amines) is 1. The van der Waals surface area contributed by atoms with Crippen molar-refractivity contribution < 1.29 is 14.3 Å². The molecule has 138 valence electrons. The first kappa shape index (κ1) is 18.2. The van der Waals surface area contributed by atoms with E-state index in [2.05, 4.69) is 5.10 Å². The van der Waals surface area contributed by atoms with Crippen LogP contribution in [0.25, 0.3) is 0 Å². The van der Waals surface area contributed by atoms with Crippen LogP contribution in [0.3, 0.4) is 0 Å². The molecule has 1 aromatic heterocycles. The van der Waals surface area contributed by atoms with Gasteiger partial charge in [0.15, 0.2) is 5.78 Å². The maximum absolute atomic E-state index is 12.9. The number of nitrogens with zero attached hydrogens (tertiary/aromatic N) is 3. The van der Waals surface area contributed by atoms with Crippen molar-refractivity contribution >= 4 is 11.7 Å². The van der Waals surface area contributed by atoms with E-state index in [1.807, 2.05) is 36.1 Å². The predicted octanol–water partition coefficient (Wildman–Crippen LogP) is 3.07. The van der Waals surface area contributed by atoms with Gasteiger partial charge >= 0.3 is 0 Å². The third-order valence-corrected chi connectivity index (χ3v) is 5.07. The first-order valence-electron chi connectivity index (χ1n) is 8.90. The fourth-order valence-corrected chi connectivity index (χ4v) is 3.84. The third-order valence-electron chi connectivity index (χ3n) is 5.07. The van der Waals surface area contributed by atoms with Gasteiger partial charge in [0.25, 0.3) is 0 Å². The van der Waals surface area contributed by atoms with Crippen LogP contribution in [0.15, 0.2) is 24.3 Å². The molecule has 0 bridgehead atoms. The predicted molar refractivity (Wildman–Crippen MR) is 98.4 cm³/mol. The summed E-state index contributed by atoms with van der Waals surface area (Å²) in [5.74, 6) is 0.802. The van der Waals surface area contributed by atoms with Crippen LogP contribution in [0.2, 0.25) is 0 Å². The second-order valence-corrected chi connectivity index (χ2v) is 6.78. The summed E-state index contributed by atoms with van der Waals surface area (Å²) < 4.78 is 6.96. The van der Waals surface area contributed by atoms with Crippen LogP contribution in [0.4, 0.5) is 0 Å². The summed E-state index contributed by atoms with van der Waals surface area (Å²) in [5.41, 5.74) is 3.13. The van der Waals surface area contributed by atoms with Crippen LogP contribution in [0, 0.1) is 13.8 Å². The van der Waals surface area contributed by atoms with Crippen LogP contribution in [0.5, 0.6) is 5.75 Å². The molecule has 0 N–H and O–H groups in total. The number of hydrogen-bond acceptors (Lipinski definition) is 4. The minimum Gasteiger partial charge on any atom is -0.497 e. The molecule has 2 aromatic rings. The van der Waals surface area contributed by atoms with Gasteiger partial charge in [-0.05, 0) is 51.3 Å². The Balaban J connectivity index is 1.81. The fourth-order valence-electron chi connectivity index (χ4n) is 3.84. The highest BCUT2D eigenvalue weighted by atomic mass is 16.5. The van der Waals surface area contributed by atoms with E-state index in [1.165, 1.54) is 6.92 Å². The van der Waals surface area contributed by atoms with Gasteiger partial charge in [-0.15, -0.1) is 0 Å². The van der Waals surface area contributed by atoms with Gasteiger partial charge in [-0.25, -0.2) is 0 Å². The maximum Gasteiger partial charge on any atom is 0.244 e. The van der Waals surface area contributed by atoms with Crippen molar-refractivity contribution in [2.45, 2.75) is 46.2 Å². The van der Waals surface area contributed by atoms with Crippen LogP contribution >= 0.6 is 0 Å². The molecule has 1 amide bonds. The number of hydrogen-bond donors (Lipinski definition) is 0. The Bertz CT molecular complexity index is 841. The maximum atomic E-state index is 12.9. The molecule has 2 heterocycles. The van der Waals surface area contributed by atoms with Crippen LogP contribution < -0.4 is 4.74 Å². The molecule has 6 nitrogen and oxygen atoms in total. The lowest BCUT2D eigenvalue weighted by atomic mass is 10.0. The highest BCUT2D eigenvalue weighted by Crippen LogP contribution is 2.33. The fraction of sp³-hybridized carbons (Fsp3) is 0.450. The van der Waals surface area contributed by atoms with E-state index in [1.54, 1.807) is 18.7 Å². The second-order valence-electron chi connectivity index (χ2n) is 6.78. The van der Waals surface area contributed by atoms with Crippen molar-refractivity contribution in [1.82, 2.24) is 14.7 Å². The number of aryl methyl sites for hydroxylation is 1. The van der Waals surface area contributed by atoms with Gasteiger partial charge in [0.2, 0.25) is 5.91 Å². The van der Waals surface area contributed by atoms with Gasteiger partial charge in [0.05, 0.1) is 24.4 Å². The number of ether oxygens (including phenoxy) is 1. The van der Waals surface area contributed by atoms with Crippen LogP contribution in [-0.4, -0.2) is 40.0 Å². The molecule has 1 aliphatic heterocycles. The first-order valence-corrected chi connectivity index (χ1v) is 8.90. The second kappa shape index (κ2) is 7.32. The zero-order chi connectivity index (χ0) is 18.8. The quantitative estimate of drug-likeness (QED) is 0.773. The van der Waals surface area contributed by atoms with E-state index in [4.69, 9.17) is 4.74 Å². The van der Waals surface area contributed by atoms with E-state index >= 15 is 0 Å². The molecule has 3 rings (SSSR count). The molecule has 6 heteroatoms. The zero-order valence-electron chi connectivity index (χ0n) is 15.8. The average molecular weight is 355 g/mol. The first-order chi connectivity index (χ1) is 12.4. The van der Waals surface area contributed by atoms with Crippen molar-refractivity contribution in [2.75, 3.05) is 13.7 Å². The van der Waals surface area contributed by atoms with E-state index in [0.717, 1.165) is 36.4 Å². The molecule has 0 radical (unpaired) electrons. The molecule has 1 aliphatic rings. The Kier molecular flexibility index (Phi) is 5.11. The molecule has 0 aliphatic carbocycles. The summed E-state index contributed by atoms with van der Waals surface area (Å²) in [4.78, 5) is 26.6. The standard InChI is InChI=1S/C20H25N3O3/c1-13-20(15(3)24)14(2)23(21-13)12-19(25)22-10-6-9-18(22)16-7-5-8-17(11-16)26-4/h5,7-8,11,18H,6,9-10,12H2,1-4H3/t18-/m0/s1. The van der Waals surface area contributed by atoms with Gasteiger partial charge in [-0.2, -0.15) is 5.10 Å². The summed E-state index contributed by atoms with van der Waals surface area (Å²) in [7, 11) is 1.64. The molecular formula is C20H25N3O3. The molecule has 1 fully saturated rings. The zero-order valence-corrected chi connectivity index (χ0v) is 15.8. The van der Waals surface area contributed by atoms with Crippen molar-refractivity contribution in [1.29, 1.82) is 0 Å². The topological polar surface area (TPSA) is 64.4 Å². The number of aromatic nitrogens is 2. The van der Waals surface area contributed by atoms with Gasteiger partial charge in [0, 0.05) is 12.2 Å². The van der Waals surface area contributed by atoms with Crippen molar-refractivity contribution in [3.63, 3.8) is 0 Å². The largest absolute Gasteiger partial charge is 0.497 e. The Hall–Kier alpha value is -2.63. The van der Waals surface area contributed by atoms with Gasteiger partial charge < -0.3 is 9.64 Å². The number of carbonyl (C=O) groups is 2. The summed E-state index contributed by atoms with van der Waals surface area (Å²) >= 11 is 0. The lowest BCUT2D eigenvalue weighted by molar-refractivity contribution is -0.133. The smallest absolute Gasteiger partial charge is 0.244 e. The lowest BCUT2D eigenvalue weighted by Crippen LogP contribution is -2.34. The Labute approximate surface area is 153 Å². The molecule has 1 aromatic carbocycles. The highest BCUT2D eigenvalue weighted by Gasteiger charge is 2.31. The molecule has 0 spiro atoms. The van der Waals surface area contributed by atoms with E-state index in [9.17, 15) is 9.59 Å². The molecule has 0 saturated carbocycles.